The first-order valence-corrected chi connectivity index (χ1v) is 11.6. The molecule has 0 amide bonds. The molecule has 0 radical (unpaired) electrons. The molecule has 1 N–H and O–H groups in total. The standard InChI is InChI=1S/C25H30F4N4O/c1-16-12-20-19-7-4-3-6-18(19)13-21(20)23(33(16)14-25(27,28)29)22-17(2)24(32-15-31-22)34-11-10-30-9-5-8-26/h3-4,6-7,15-16,23,30H,5,8-14H2,1-2H3/t16-,23+/m1/s1. The molecule has 2 aromatic rings. The van der Waals surface area contributed by atoms with E-state index in [2.05, 4.69) is 21.4 Å². The molecule has 0 unspecified atom stereocenters. The van der Waals surface area contributed by atoms with Crippen LogP contribution in [-0.4, -0.2) is 60.0 Å². The maximum atomic E-state index is 13.6. The van der Waals surface area contributed by atoms with Crippen LogP contribution in [0.3, 0.4) is 0 Å². The zero-order chi connectivity index (χ0) is 24.3. The van der Waals surface area contributed by atoms with Gasteiger partial charge in [-0.25, -0.2) is 9.97 Å². The van der Waals surface area contributed by atoms with Crippen molar-refractivity contribution < 1.29 is 22.3 Å². The summed E-state index contributed by atoms with van der Waals surface area (Å²) in [7, 11) is 0. The van der Waals surface area contributed by atoms with Crippen molar-refractivity contribution in [3.8, 4) is 5.88 Å². The van der Waals surface area contributed by atoms with Crippen LogP contribution in [0.15, 0.2) is 36.2 Å². The van der Waals surface area contributed by atoms with Gasteiger partial charge in [0.1, 0.15) is 12.9 Å². The number of fused-ring (bicyclic) bond motifs is 2. The Morgan fingerprint density at radius 1 is 1.18 bits per heavy atom. The number of nitrogens with one attached hydrogen (secondary N) is 1. The van der Waals surface area contributed by atoms with E-state index in [4.69, 9.17) is 4.74 Å². The van der Waals surface area contributed by atoms with Crippen molar-refractivity contribution in [2.45, 2.75) is 51.4 Å². The fraction of sp³-hybridized carbons (Fsp3) is 0.520. The van der Waals surface area contributed by atoms with Gasteiger partial charge in [-0.05, 0) is 61.9 Å². The lowest BCUT2D eigenvalue weighted by molar-refractivity contribution is -0.155. The first-order valence-electron chi connectivity index (χ1n) is 11.6. The number of aromatic nitrogens is 2. The molecule has 4 rings (SSSR count). The smallest absolute Gasteiger partial charge is 0.401 e. The number of rotatable bonds is 9. The van der Waals surface area contributed by atoms with Gasteiger partial charge in [-0.2, -0.15) is 13.2 Å². The molecular weight excluding hydrogens is 448 g/mol. The van der Waals surface area contributed by atoms with Crippen molar-refractivity contribution in [3.05, 3.63) is 58.6 Å². The van der Waals surface area contributed by atoms with Crippen molar-refractivity contribution in [1.82, 2.24) is 20.2 Å². The SMILES string of the molecule is Cc1c(OCCNCCCF)ncnc1[C@@H]1C2=C(C[C@@H](C)N1CC(F)(F)F)c1ccccc1C2. The summed E-state index contributed by atoms with van der Waals surface area (Å²) in [6.07, 6.45) is -1.36. The molecule has 1 aliphatic heterocycles. The third-order valence-electron chi connectivity index (χ3n) is 6.54. The molecule has 0 saturated carbocycles. The van der Waals surface area contributed by atoms with Gasteiger partial charge in [-0.15, -0.1) is 0 Å². The molecule has 9 heteroatoms. The van der Waals surface area contributed by atoms with Gasteiger partial charge in [0.25, 0.3) is 0 Å². The summed E-state index contributed by atoms with van der Waals surface area (Å²) in [6.45, 7) is 3.65. The topological polar surface area (TPSA) is 50.3 Å². The summed E-state index contributed by atoms with van der Waals surface area (Å²) in [5.74, 6) is 0.361. The molecule has 0 bridgehead atoms. The lowest BCUT2D eigenvalue weighted by Gasteiger charge is -2.42. The molecule has 2 aliphatic rings. The minimum absolute atomic E-state index is 0.310. The quantitative estimate of drug-likeness (QED) is 0.414. The number of ether oxygens (including phenoxy) is 1. The van der Waals surface area contributed by atoms with Crippen LogP contribution in [-0.2, 0) is 6.42 Å². The minimum atomic E-state index is -4.33. The van der Waals surface area contributed by atoms with Crippen LogP contribution in [0.1, 0.15) is 48.2 Å². The molecule has 0 spiro atoms. The maximum Gasteiger partial charge on any atom is 0.401 e. The molecule has 34 heavy (non-hydrogen) atoms. The highest BCUT2D eigenvalue weighted by Gasteiger charge is 2.44. The summed E-state index contributed by atoms with van der Waals surface area (Å²) in [6, 6.07) is 7.11. The van der Waals surface area contributed by atoms with Gasteiger partial charge >= 0.3 is 6.18 Å². The van der Waals surface area contributed by atoms with E-state index in [0.29, 0.717) is 56.1 Å². The van der Waals surface area contributed by atoms with E-state index in [9.17, 15) is 17.6 Å². The van der Waals surface area contributed by atoms with E-state index in [-0.39, 0.29) is 12.7 Å². The van der Waals surface area contributed by atoms with Gasteiger partial charge in [0.2, 0.25) is 5.88 Å². The van der Waals surface area contributed by atoms with Crippen LogP contribution in [0.4, 0.5) is 17.6 Å². The van der Waals surface area contributed by atoms with Crippen molar-refractivity contribution in [2.75, 3.05) is 32.9 Å². The van der Waals surface area contributed by atoms with E-state index < -0.39 is 18.8 Å². The average Bonchev–Trinajstić information content (AvgIpc) is 3.15. The lowest BCUT2D eigenvalue weighted by atomic mass is 9.86. The van der Waals surface area contributed by atoms with E-state index in [1.807, 2.05) is 25.1 Å². The van der Waals surface area contributed by atoms with Crippen LogP contribution in [0.2, 0.25) is 0 Å². The van der Waals surface area contributed by atoms with Crippen molar-refractivity contribution >= 4 is 5.57 Å². The fourth-order valence-corrected chi connectivity index (χ4v) is 5.00. The number of hydrogen-bond acceptors (Lipinski definition) is 5. The molecule has 1 aliphatic carbocycles. The zero-order valence-corrected chi connectivity index (χ0v) is 19.5. The Labute approximate surface area is 197 Å². The monoisotopic (exact) mass is 478 g/mol. The van der Waals surface area contributed by atoms with E-state index in [1.165, 1.54) is 11.2 Å². The second-order valence-corrected chi connectivity index (χ2v) is 8.91. The second-order valence-electron chi connectivity index (χ2n) is 8.91. The van der Waals surface area contributed by atoms with Gasteiger partial charge < -0.3 is 10.1 Å². The first kappa shape index (κ1) is 24.6. The Kier molecular flexibility index (Phi) is 7.52. The summed E-state index contributed by atoms with van der Waals surface area (Å²) in [5.41, 5.74) is 5.56. The highest BCUT2D eigenvalue weighted by atomic mass is 19.4. The van der Waals surface area contributed by atoms with Gasteiger partial charge in [0.15, 0.2) is 0 Å². The molecule has 5 nitrogen and oxygen atoms in total. The number of nitrogens with zero attached hydrogens (tertiary/aromatic N) is 3. The van der Waals surface area contributed by atoms with Gasteiger partial charge in [-0.3, -0.25) is 9.29 Å². The van der Waals surface area contributed by atoms with Crippen LogP contribution in [0.5, 0.6) is 5.88 Å². The summed E-state index contributed by atoms with van der Waals surface area (Å²) < 4.78 is 59.0. The number of hydrogen-bond donors (Lipinski definition) is 1. The Morgan fingerprint density at radius 3 is 2.74 bits per heavy atom. The van der Waals surface area contributed by atoms with Crippen molar-refractivity contribution in [2.24, 2.45) is 0 Å². The second kappa shape index (κ2) is 10.4. The molecule has 0 fully saturated rings. The molecule has 2 atom stereocenters. The van der Waals surface area contributed by atoms with Crippen molar-refractivity contribution in [3.63, 3.8) is 0 Å². The van der Waals surface area contributed by atoms with E-state index >= 15 is 0 Å². The number of halogens is 4. The molecule has 0 saturated heterocycles. The van der Waals surface area contributed by atoms with Crippen molar-refractivity contribution in [1.29, 1.82) is 0 Å². The normalized spacial score (nSPS) is 20.4. The third kappa shape index (κ3) is 5.25. The summed E-state index contributed by atoms with van der Waals surface area (Å²) in [4.78, 5) is 10.2. The van der Waals surface area contributed by atoms with Crippen LogP contribution < -0.4 is 10.1 Å². The van der Waals surface area contributed by atoms with Crippen LogP contribution >= 0.6 is 0 Å². The number of alkyl halides is 4. The maximum absolute atomic E-state index is 13.6. The van der Waals surface area contributed by atoms with Gasteiger partial charge in [-0.1, -0.05) is 24.3 Å². The molecular formula is C25H30F4N4O. The third-order valence-corrected chi connectivity index (χ3v) is 6.54. The minimum Gasteiger partial charge on any atom is -0.476 e. The van der Waals surface area contributed by atoms with Crippen LogP contribution in [0.25, 0.3) is 5.57 Å². The van der Waals surface area contributed by atoms with Gasteiger partial charge in [0.05, 0.1) is 25.0 Å². The number of benzene rings is 1. The highest BCUT2D eigenvalue weighted by molar-refractivity contribution is 5.78. The lowest BCUT2D eigenvalue weighted by Crippen LogP contribution is -2.46. The van der Waals surface area contributed by atoms with E-state index in [0.717, 1.165) is 22.3 Å². The largest absolute Gasteiger partial charge is 0.476 e. The predicted octanol–water partition coefficient (Wildman–Crippen LogP) is 4.82. The summed E-state index contributed by atoms with van der Waals surface area (Å²) in [5, 5.41) is 3.08. The average molecular weight is 479 g/mol. The molecule has 2 heterocycles. The molecule has 1 aromatic heterocycles. The Bertz CT molecular complexity index is 1040. The molecule has 184 valence electrons. The predicted molar refractivity (Wildman–Crippen MR) is 122 cm³/mol. The highest BCUT2D eigenvalue weighted by Crippen LogP contribution is 2.49. The first-order chi connectivity index (χ1) is 16.3. The Morgan fingerprint density at radius 2 is 1.97 bits per heavy atom. The molecule has 1 aromatic carbocycles. The van der Waals surface area contributed by atoms with E-state index in [1.54, 1.807) is 6.92 Å². The Balaban J connectivity index is 1.66. The fourth-order valence-electron chi connectivity index (χ4n) is 5.00. The Hall–Kier alpha value is -2.52. The van der Waals surface area contributed by atoms with Crippen LogP contribution in [0, 0.1) is 6.92 Å². The summed E-state index contributed by atoms with van der Waals surface area (Å²) >= 11 is 0. The van der Waals surface area contributed by atoms with Gasteiger partial charge in [0, 0.05) is 18.2 Å². The zero-order valence-electron chi connectivity index (χ0n) is 19.5.